The van der Waals surface area contributed by atoms with Gasteiger partial charge in [0.05, 0.1) is 6.10 Å². The third-order valence-corrected chi connectivity index (χ3v) is 2.59. The molecule has 4 heteroatoms. The van der Waals surface area contributed by atoms with Crippen molar-refractivity contribution in [1.29, 1.82) is 0 Å². The van der Waals surface area contributed by atoms with Gasteiger partial charge in [-0.3, -0.25) is 4.79 Å². The number of carbonyl (C=O) groups excluding carboxylic acids is 1. The van der Waals surface area contributed by atoms with E-state index in [1.807, 2.05) is 0 Å². The van der Waals surface area contributed by atoms with Crippen LogP contribution in [-0.4, -0.2) is 29.2 Å². The molecular weight excluding hydrogens is 180 g/mol. The van der Waals surface area contributed by atoms with Crippen molar-refractivity contribution >= 4 is 5.91 Å². The van der Waals surface area contributed by atoms with Crippen molar-refractivity contribution in [2.45, 2.75) is 57.2 Å². The van der Waals surface area contributed by atoms with Gasteiger partial charge in [-0.15, -0.1) is 0 Å². The lowest BCUT2D eigenvalue weighted by atomic mass is 9.89. The maximum absolute atomic E-state index is 11.4. The van der Waals surface area contributed by atoms with E-state index in [0.29, 0.717) is 19.3 Å². The van der Waals surface area contributed by atoms with Gasteiger partial charge in [-0.2, -0.15) is 0 Å². The number of amides is 1. The molecule has 0 spiro atoms. The molecule has 1 aliphatic carbocycles. The Labute approximate surface area is 84.9 Å². The van der Waals surface area contributed by atoms with Gasteiger partial charge in [-0.05, 0) is 19.3 Å². The molecule has 0 bridgehead atoms. The van der Waals surface area contributed by atoms with Crippen molar-refractivity contribution < 1.29 is 9.90 Å². The molecule has 1 aliphatic rings. The molecule has 0 aliphatic heterocycles. The van der Waals surface area contributed by atoms with Gasteiger partial charge in [-0.25, -0.2) is 0 Å². The smallest absolute Gasteiger partial charge is 0.221 e. The molecule has 0 aromatic rings. The predicted octanol–water partition coefficient (Wildman–Crippen LogP) is 0.143. The Kier molecular flexibility index (Phi) is 4.35. The van der Waals surface area contributed by atoms with Crippen molar-refractivity contribution in [3.05, 3.63) is 0 Å². The highest BCUT2D eigenvalue weighted by Crippen LogP contribution is 2.19. The summed E-state index contributed by atoms with van der Waals surface area (Å²) in [5.74, 6) is 0.0165. The number of nitrogens with one attached hydrogen (secondary N) is 1. The normalized spacial score (nSPS) is 27.9. The van der Waals surface area contributed by atoms with Gasteiger partial charge in [0.25, 0.3) is 0 Å². The lowest BCUT2D eigenvalue weighted by Crippen LogP contribution is -2.47. The summed E-state index contributed by atoms with van der Waals surface area (Å²) in [5.41, 5.74) is 5.74. The van der Waals surface area contributed by atoms with Gasteiger partial charge in [-0.1, -0.05) is 13.3 Å². The molecule has 1 unspecified atom stereocenters. The second-order valence-electron chi connectivity index (χ2n) is 4.14. The van der Waals surface area contributed by atoms with Crippen LogP contribution in [-0.2, 0) is 4.79 Å². The monoisotopic (exact) mass is 200 g/mol. The number of hydrogen-bond acceptors (Lipinski definition) is 3. The van der Waals surface area contributed by atoms with Crippen LogP contribution in [0.1, 0.15) is 39.0 Å². The van der Waals surface area contributed by atoms with Crippen LogP contribution in [0.5, 0.6) is 0 Å². The fourth-order valence-electron chi connectivity index (χ4n) is 1.70. The van der Waals surface area contributed by atoms with Crippen LogP contribution >= 0.6 is 0 Å². The molecule has 14 heavy (non-hydrogen) atoms. The number of carbonyl (C=O) groups is 1. The van der Waals surface area contributed by atoms with Crippen molar-refractivity contribution in [3.63, 3.8) is 0 Å². The van der Waals surface area contributed by atoms with Crippen molar-refractivity contribution in [2.24, 2.45) is 5.73 Å². The molecule has 1 atom stereocenters. The van der Waals surface area contributed by atoms with E-state index in [1.165, 1.54) is 0 Å². The summed E-state index contributed by atoms with van der Waals surface area (Å²) in [4.78, 5) is 11.4. The first-order valence-electron chi connectivity index (χ1n) is 5.34. The van der Waals surface area contributed by atoms with E-state index in [0.717, 1.165) is 12.8 Å². The number of aliphatic hydroxyl groups excluding tert-OH is 1. The molecule has 0 saturated heterocycles. The number of rotatable bonds is 5. The molecule has 1 saturated carbocycles. The first-order chi connectivity index (χ1) is 6.61. The van der Waals surface area contributed by atoms with Crippen LogP contribution in [0.25, 0.3) is 0 Å². The summed E-state index contributed by atoms with van der Waals surface area (Å²) < 4.78 is 0. The second kappa shape index (κ2) is 5.32. The average molecular weight is 200 g/mol. The lowest BCUT2D eigenvalue weighted by Gasteiger charge is -2.32. The van der Waals surface area contributed by atoms with E-state index in [9.17, 15) is 4.79 Å². The quantitative estimate of drug-likeness (QED) is 0.591. The van der Waals surface area contributed by atoms with E-state index in [2.05, 4.69) is 12.2 Å². The van der Waals surface area contributed by atoms with Crippen LogP contribution in [0.2, 0.25) is 0 Å². The van der Waals surface area contributed by atoms with Gasteiger partial charge >= 0.3 is 0 Å². The first-order valence-corrected chi connectivity index (χ1v) is 5.34. The zero-order valence-corrected chi connectivity index (χ0v) is 8.70. The molecule has 1 rings (SSSR count). The van der Waals surface area contributed by atoms with Crippen LogP contribution in [0, 0.1) is 0 Å². The van der Waals surface area contributed by atoms with Crippen molar-refractivity contribution in [3.8, 4) is 0 Å². The maximum atomic E-state index is 11.4. The third kappa shape index (κ3) is 3.64. The van der Waals surface area contributed by atoms with E-state index < -0.39 is 0 Å². The van der Waals surface area contributed by atoms with Crippen LogP contribution < -0.4 is 11.1 Å². The highest BCUT2D eigenvalue weighted by Gasteiger charge is 2.28. The standard InChI is InChI=1S/C10H20N2O2/c1-2-3-7(11)4-10(14)12-8-5-9(13)6-8/h7-9,13H,2-6,11H2,1H3,(H,12,14). The molecule has 0 aromatic carbocycles. The summed E-state index contributed by atoms with van der Waals surface area (Å²) in [6, 6.07) is 0.149. The van der Waals surface area contributed by atoms with Crippen LogP contribution in [0.15, 0.2) is 0 Å². The Morgan fingerprint density at radius 3 is 2.79 bits per heavy atom. The van der Waals surface area contributed by atoms with E-state index in [4.69, 9.17) is 10.8 Å². The SMILES string of the molecule is CCCC(N)CC(=O)NC1CC(O)C1. The molecule has 1 amide bonds. The first kappa shape index (κ1) is 11.5. The topological polar surface area (TPSA) is 75.4 Å². The van der Waals surface area contributed by atoms with Crippen LogP contribution in [0.3, 0.4) is 0 Å². The van der Waals surface area contributed by atoms with Crippen molar-refractivity contribution in [1.82, 2.24) is 5.32 Å². The number of nitrogens with two attached hydrogens (primary N) is 1. The van der Waals surface area contributed by atoms with E-state index >= 15 is 0 Å². The number of hydrogen-bond donors (Lipinski definition) is 3. The number of aliphatic hydroxyl groups is 1. The minimum atomic E-state index is -0.218. The Balaban J connectivity index is 2.09. The van der Waals surface area contributed by atoms with Crippen LogP contribution in [0.4, 0.5) is 0 Å². The van der Waals surface area contributed by atoms with Gasteiger partial charge in [0, 0.05) is 18.5 Å². The molecule has 0 aromatic heterocycles. The Morgan fingerprint density at radius 2 is 2.29 bits per heavy atom. The lowest BCUT2D eigenvalue weighted by molar-refractivity contribution is -0.123. The third-order valence-electron chi connectivity index (χ3n) is 2.59. The molecule has 0 heterocycles. The van der Waals surface area contributed by atoms with E-state index in [-0.39, 0.29) is 24.1 Å². The maximum Gasteiger partial charge on any atom is 0.221 e. The Hall–Kier alpha value is -0.610. The highest BCUT2D eigenvalue weighted by atomic mass is 16.3. The average Bonchev–Trinajstić information content (AvgIpc) is 2.01. The summed E-state index contributed by atoms with van der Waals surface area (Å²) >= 11 is 0. The summed E-state index contributed by atoms with van der Waals surface area (Å²) in [7, 11) is 0. The molecule has 4 nitrogen and oxygen atoms in total. The van der Waals surface area contributed by atoms with Gasteiger partial charge in [0.2, 0.25) is 5.91 Å². The minimum absolute atomic E-state index is 0.0165. The molecule has 0 radical (unpaired) electrons. The fraction of sp³-hybridized carbons (Fsp3) is 0.900. The van der Waals surface area contributed by atoms with Gasteiger partial charge in [0.15, 0.2) is 0 Å². The van der Waals surface area contributed by atoms with Gasteiger partial charge < -0.3 is 16.2 Å². The predicted molar refractivity (Wildman–Crippen MR) is 54.7 cm³/mol. The summed E-state index contributed by atoms with van der Waals surface area (Å²) in [6.07, 6.45) is 3.46. The zero-order valence-electron chi connectivity index (χ0n) is 8.70. The molecule has 82 valence electrons. The molecular formula is C10H20N2O2. The van der Waals surface area contributed by atoms with E-state index in [1.54, 1.807) is 0 Å². The summed E-state index contributed by atoms with van der Waals surface area (Å²) in [6.45, 7) is 2.06. The zero-order chi connectivity index (χ0) is 10.6. The Morgan fingerprint density at radius 1 is 1.64 bits per heavy atom. The second-order valence-corrected chi connectivity index (χ2v) is 4.14. The minimum Gasteiger partial charge on any atom is -0.393 e. The molecule has 4 N–H and O–H groups in total. The van der Waals surface area contributed by atoms with Crippen molar-refractivity contribution in [2.75, 3.05) is 0 Å². The Bertz CT molecular complexity index is 182. The highest BCUT2D eigenvalue weighted by molar-refractivity contribution is 5.77. The largest absolute Gasteiger partial charge is 0.393 e. The van der Waals surface area contributed by atoms with Gasteiger partial charge in [0.1, 0.15) is 0 Å². The fourth-order valence-corrected chi connectivity index (χ4v) is 1.70. The summed E-state index contributed by atoms with van der Waals surface area (Å²) in [5, 5.41) is 11.9. The molecule has 1 fully saturated rings.